The van der Waals surface area contributed by atoms with Gasteiger partial charge in [0.25, 0.3) is 0 Å². The van der Waals surface area contributed by atoms with Crippen molar-refractivity contribution in [2.75, 3.05) is 13.1 Å². The molecule has 0 saturated carbocycles. The highest BCUT2D eigenvalue weighted by atomic mass is 16.2. The highest BCUT2D eigenvalue weighted by molar-refractivity contribution is 5.76. The van der Waals surface area contributed by atoms with Crippen LogP contribution in [0, 0.1) is 5.92 Å². The molecule has 19 heavy (non-hydrogen) atoms. The van der Waals surface area contributed by atoms with Crippen LogP contribution >= 0.6 is 0 Å². The van der Waals surface area contributed by atoms with Gasteiger partial charge in [-0.3, -0.25) is 4.79 Å². The molecule has 0 aromatic carbocycles. The number of likely N-dealkylation sites (tertiary alicyclic amines) is 1. The van der Waals surface area contributed by atoms with E-state index in [2.05, 4.69) is 21.7 Å². The first kappa shape index (κ1) is 12.5. The molecule has 0 N–H and O–H groups in total. The number of amides is 1. The maximum atomic E-state index is 12.3. The minimum atomic E-state index is 0.321. The fraction of sp³-hybridized carbons (Fsp3) is 0.600. The van der Waals surface area contributed by atoms with Crippen LogP contribution in [0.25, 0.3) is 0 Å². The van der Waals surface area contributed by atoms with Gasteiger partial charge < -0.3 is 9.47 Å². The van der Waals surface area contributed by atoms with E-state index in [1.807, 2.05) is 23.6 Å². The number of carbonyl (C=O) groups excluding carboxylic acids is 1. The van der Waals surface area contributed by atoms with Crippen LogP contribution in [-0.4, -0.2) is 33.4 Å². The van der Waals surface area contributed by atoms with E-state index >= 15 is 0 Å². The van der Waals surface area contributed by atoms with Crippen molar-refractivity contribution in [3.8, 4) is 0 Å². The number of carbonyl (C=O) groups is 1. The second-order valence-corrected chi connectivity index (χ2v) is 5.62. The van der Waals surface area contributed by atoms with Crippen molar-refractivity contribution >= 4 is 5.91 Å². The lowest BCUT2D eigenvalue weighted by Gasteiger charge is -2.33. The molecule has 1 aliphatic heterocycles. The summed E-state index contributed by atoms with van der Waals surface area (Å²) in [5, 5.41) is 0. The Morgan fingerprint density at radius 3 is 3.05 bits per heavy atom. The predicted molar refractivity (Wildman–Crippen MR) is 73.6 cm³/mol. The molecule has 4 heteroatoms. The molecule has 0 radical (unpaired) electrons. The van der Waals surface area contributed by atoms with E-state index in [9.17, 15) is 4.79 Å². The van der Waals surface area contributed by atoms with Gasteiger partial charge in [-0.15, -0.1) is 0 Å². The number of aromatic nitrogens is 2. The van der Waals surface area contributed by atoms with E-state index in [-0.39, 0.29) is 0 Å². The molecule has 1 aromatic heterocycles. The van der Waals surface area contributed by atoms with E-state index in [1.54, 1.807) is 0 Å². The van der Waals surface area contributed by atoms with E-state index in [4.69, 9.17) is 0 Å². The van der Waals surface area contributed by atoms with E-state index in [0.717, 1.165) is 38.8 Å². The van der Waals surface area contributed by atoms with Gasteiger partial charge in [-0.25, -0.2) is 4.98 Å². The number of rotatable bonds is 3. The van der Waals surface area contributed by atoms with Crippen molar-refractivity contribution in [3.05, 3.63) is 30.9 Å². The van der Waals surface area contributed by atoms with Gasteiger partial charge in [-0.05, 0) is 31.6 Å². The van der Waals surface area contributed by atoms with Crippen molar-refractivity contribution in [2.45, 2.75) is 38.1 Å². The smallest absolute Gasteiger partial charge is 0.223 e. The van der Waals surface area contributed by atoms with Crippen LogP contribution in [0.15, 0.2) is 30.9 Å². The fourth-order valence-corrected chi connectivity index (χ4v) is 3.13. The molecule has 2 atom stereocenters. The van der Waals surface area contributed by atoms with Gasteiger partial charge in [0, 0.05) is 31.9 Å². The zero-order chi connectivity index (χ0) is 13.1. The Bertz CT molecular complexity index is 452. The molecule has 1 fully saturated rings. The normalized spacial score (nSPS) is 26.8. The van der Waals surface area contributed by atoms with E-state index in [0.29, 0.717) is 24.3 Å². The van der Waals surface area contributed by atoms with Gasteiger partial charge in [0.05, 0.1) is 12.4 Å². The Labute approximate surface area is 114 Å². The van der Waals surface area contributed by atoms with Gasteiger partial charge in [0.15, 0.2) is 0 Å². The first-order valence-corrected chi connectivity index (χ1v) is 7.25. The molecule has 0 bridgehead atoms. The number of hydrogen-bond donors (Lipinski definition) is 0. The Morgan fingerprint density at radius 1 is 1.37 bits per heavy atom. The number of nitrogens with zero attached hydrogens (tertiary/aromatic N) is 3. The van der Waals surface area contributed by atoms with Crippen LogP contribution in [0.1, 0.15) is 38.1 Å². The SMILES string of the molecule is O=C(C[C@H]1C=CCC1)N1CCC[C@@H](n2ccnc2)C1. The Kier molecular flexibility index (Phi) is 3.67. The molecule has 0 unspecified atom stereocenters. The van der Waals surface area contributed by atoms with Crippen molar-refractivity contribution < 1.29 is 4.79 Å². The quantitative estimate of drug-likeness (QED) is 0.782. The van der Waals surface area contributed by atoms with E-state index in [1.165, 1.54) is 0 Å². The molecule has 3 rings (SSSR count). The molecule has 1 amide bonds. The summed E-state index contributed by atoms with van der Waals surface area (Å²) >= 11 is 0. The monoisotopic (exact) mass is 259 g/mol. The van der Waals surface area contributed by atoms with Crippen LogP contribution in [0.3, 0.4) is 0 Å². The maximum absolute atomic E-state index is 12.3. The summed E-state index contributed by atoms with van der Waals surface area (Å²) in [5.74, 6) is 0.794. The van der Waals surface area contributed by atoms with Crippen LogP contribution in [-0.2, 0) is 4.79 Å². The molecule has 1 aliphatic carbocycles. The first-order chi connectivity index (χ1) is 9.33. The molecule has 2 heterocycles. The topological polar surface area (TPSA) is 38.1 Å². The predicted octanol–water partition coefficient (Wildman–Crippen LogP) is 2.40. The second kappa shape index (κ2) is 5.59. The van der Waals surface area contributed by atoms with Crippen molar-refractivity contribution in [3.63, 3.8) is 0 Å². The maximum Gasteiger partial charge on any atom is 0.223 e. The fourth-order valence-electron chi connectivity index (χ4n) is 3.13. The highest BCUT2D eigenvalue weighted by Gasteiger charge is 2.26. The van der Waals surface area contributed by atoms with Crippen LogP contribution in [0.4, 0.5) is 0 Å². The van der Waals surface area contributed by atoms with Crippen molar-refractivity contribution in [1.82, 2.24) is 14.5 Å². The summed E-state index contributed by atoms with van der Waals surface area (Å²) in [6.45, 7) is 1.76. The lowest BCUT2D eigenvalue weighted by atomic mass is 10.0. The number of piperidine rings is 1. The standard InChI is InChI=1S/C15H21N3O/c19-15(10-13-4-1-2-5-13)17-8-3-6-14(11-17)18-9-7-16-12-18/h1,4,7,9,12-14H,2-3,5-6,8,10-11H2/t13-,14+/m0/s1. The molecule has 1 saturated heterocycles. The van der Waals surface area contributed by atoms with Gasteiger partial charge in [-0.2, -0.15) is 0 Å². The Balaban J connectivity index is 1.58. The summed E-state index contributed by atoms with van der Waals surface area (Å²) in [7, 11) is 0. The molecule has 102 valence electrons. The van der Waals surface area contributed by atoms with Gasteiger partial charge >= 0.3 is 0 Å². The number of hydrogen-bond acceptors (Lipinski definition) is 2. The third kappa shape index (κ3) is 2.88. The van der Waals surface area contributed by atoms with Gasteiger partial charge in [-0.1, -0.05) is 12.2 Å². The molecule has 2 aliphatic rings. The van der Waals surface area contributed by atoms with Gasteiger partial charge in [0.2, 0.25) is 5.91 Å². The van der Waals surface area contributed by atoms with Crippen LogP contribution < -0.4 is 0 Å². The van der Waals surface area contributed by atoms with E-state index < -0.39 is 0 Å². The zero-order valence-corrected chi connectivity index (χ0v) is 11.2. The largest absolute Gasteiger partial charge is 0.341 e. The highest BCUT2D eigenvalue weighted by Crippen LogP contribution is 2.25. The molecular weight excluding hydrogens is 238 g/mol. The average molecular weight is 259 g/mol. The van der Waals surface area contributed by atoms with Crippen molar-refractivity contribution in [1.29, 1.82) is 0 Å². The average Bonchev–Trinajstić information content (AvgIpc) is 3.12. The second-order valence-electron chi connectivity index (χ2n) is 5.62. The lowest BCUT2D eigenvalue weighted by molar-refractivity contribution is -0.133. The Morgan fingerprint density at radius 2 is 2.32 bits per heavy atom. The third-order valence-corrected chi connectivity index (χ3v) is 4.24. The summed E-state index contributed by atoms with van der Waals surface area (Å²) in [6.07, 6.45) is 15.3. The summed E-state index contributed by atoms with van der Waals surface area (Å²) in [6, 6.07) is 0.402. The van der Waals surface area contributed by atoms with Crippen molar-refractivity contribution in [2.24, 2.45) is 5.92 Å². The number of imidazole rings is 1. The molecular formula is C15H21N3O. The van der Waals surface area contributed by atoms with Crippen LogP contribution in [0.5, 0.6) is 0 Å². The third-order valence-electron chi connectivity index (χ3n) is 4.24. The minimum absolute atomic E-state index is 0.321. The first-order valence-electron chi connectivity index (χ1n) is 7.25. The molecule has 1 aromatic rings. The van der Waals surface area contributed by atoms with Gasteiger partial charge in [0.1, 0.15) is 0 Å². The minimum Gasteiger partial charge on any atom is -0.341 e. The number of allylic oxidation sites excluding steroid dienone is 2. The molecule has 4 nitrogen and oxygen atoms in total. The summed E-state index contributed by atoms with van der Waals surface area (Å²) in [5.41, 5.74) is 0. The molecule has 0 spiro atoms. The van der Waals surface area contributed by atoms with Crippen LogP contribution in [0.2, 0.25) is 0 Å². The Hall–Kier alpha value is -1.58. The lowest BCUT2D eigenvalue weighted by Crippen LogP contribution is -2.41. The summed E-state index contributed by atoms with van der Waals surface area (Å²) < 4.78 is 2.13. The summed E-state index contributed by atoms with van der Waals surface area (Å²) in [4.78, 5) is 18.5. The zero-order valence-electron chi connectivity index (χ0n) is 11.2.